The van der Waals surface area contributed by atoms with E-state index < -0.39 is 45.1 Å². The Morgan fingerprint density at radius 3 is 2.49 bits per heavy atom. The minimum Gasteiger partial charge on any atom is -0.465 e. The third kappa shape index (κ3) is 7.48. The molecule has 13 heteroatoms. The highest BCUT2D eigenvalue weighted by Crippen LogP contribution is 2.20. The molecule has 3 rings (SSSR count). The van der Waals surface area contributed by atoms with Crippen molar-refractivity contribution in [2.45, 2.75) is 52.6 Å². The van der Waals surface area contributed by atoms with Crippen molar-refractivity contribution < 1.29 is 37.1 Å². The van der Waals surface area contributed by atoms with Gasteiger partial charge in [-0.1, -0.05) is 11.3 Å². The molecule has 1 aromatic heterocycles. The molecule has 1 aromatic carbocycles. The normalized spacial score (nSPS) is 16.6. The number of carbonyl (C=O) groups excluding carboxylic acids is 4. The summed E-state index contributed by atoms with van der Waals surface area (Å²) in [5, 5.41) is 0. The Morgan fingerprint density at radius 2 is 1.81 bits per heavy atom. The first-order chi connectivity index (χ1) is 17.5. The summed E-state index contributed by atoms with van der Waals surface area (Å²) in [5.41, 5.74) is 0.791. The molecule has 202 valence electrons. The number of fused-ring (bicyclic) bond motifs is 1. The minimum atomic E-state index is -4.06. The van der Waals surface area contributed by atoms with Gasteiger partial charge in [-0.25, -0.2) is 13.2 Å². The van der Waals surface area contributed by atoms with Crippen LogP contribution in [-0.4, -0.2) is 78.9 Å². The minimum absolute atomic E-state index is 0.0447. The highest BCUT2D eigenvalue weighted by Gasteiger charge is 2.28. The van der Waals surface area contributed by atoms with Gasteiger partial charge in [0.05, 0.1) is 29.0 Å². The summed E-state index contributed by atoms with van der Waals surface area (Å²) < 4.78 is 37.3. The number of ether oxygens (including phenoxy) is 2. The number of nitrogens with zero attached hydrogens (tertiary/aromatic N) is 3. The van der Waals surface area contributed by atoms with Gasteiger partial charge in [0.1, 0.15) is 18.1 Å². The SMILES string of the molecule is CCOC(=O)Cn1c(=NC(=O)CS(=O)(=O)CC(=O)N2CCCCC2C)sc2cc(C(=O)OCC)ccc21. The molecular formula is C24H31N3O8S2. The van der Waals surface area contributed by atoms with Crippen molar-refractivity contribution in [3.63, 3.8) is 0 Å². The van der Waals surface area contributed by atoms with Crippen LogP contribution in [0, 0.1) is 0 Å². The van der Waals surface area contributed by atoms with Crippen molar-refractivity contribution in [3.05, 3.63) is 28.6 Å². The summed E-state index contributed by atoms with van der Waals surface area (Å²) in [5.74, 6) is -4.29. The fourth-order valence-corrected chi connectivity index (χ4v) is 6.28. The van der Waals surface area contributed by atoms with Gasteiger partial charge in [0.25, 0.3) is 5.91 Å². The molecule has 2 amide bonds. The van der Waals surface area contributed by atoms with Crippen LogP contribution < -0.4 is 4.80 Å². The van der Waals surface area contributed by atoms with Crippen LogP contribution in [0.2, 0.25) is 0 Å². The van der Waals surface area contributed by atoms with E-state index >= 15 is 0 Å². The number of hydrogen-bond donors (Lipinski definition) is 0. The molecule has 1 aliphatic rings. The smallest absolute Gasteiger partial charge is 0.338 e. The monoisotopic (exact) mass is 553 g/mol. The highest BCUT2D eigenvalue weighted by atomic mass is 32.2. The van der Waals surface area contributed by atoms with Gasteiger partial charge in [-0.2, -0.15) is 4.99 Å². The van der Waals surface area contributed by atoms with Gasteiger partial charge in [-0.05, 0) is 58.2 Å². The molecule has 1 saturated heterocycles. The van der Waals surface area contributed by atoms with E-state index in [9.17, 15) is 27.6 Å². The standard InChI is InChI=1S/C24H31N3O8S2/c1-4-34-22(30)13-27-18-10-9-17(23(31)35-5-2)12-19(18)36-24(27)25-20(28)14-37(32,33)15-21(29)26-11-7-6-8-16(26)3/h9-10,12,16H,4-8,11,13-15H2,1-3H3. The van der Waals surface area contributed by atoms with Crippen LogP contribution in [0.1, 0.15) is 50.4 Å². The predicted octanol–water partition coefficient (Wildman–Crippen LogP) is 1.69. The fourth-order valence-electron chi connectivity index (χ4n) is 4.11. The largest absolute Gasteiger partial charge is 0.465 e. The second-order valence-corrected chi connectivity index (χ2v) is 11.7. The number of likely N-dealkylation sites (tertiary alicyclic amines) is 1. The lowest BCUT2D eigenvalue weighted by atomic mass is 10.0. The zero-order valence-electron chi connectivity index (χ0n) is 21.1. The quantitative estimate of drug-likeness (QED) is 0.427. The van der Waals surface area contributed by atoms with E-state index in [1.165, 1.54) is 10.6 Å². The molecule has 0 aliphatic carbocycles. The number of hydrogen-bond acceptors (Lipinski definition) is 9. The van der Waals surface area contributed by atoms with Crippen molar-refractivity contribution in [1.29, 1.82) is 0 Å². The van der Waals surface area contributed by atoms with Gasteiger partial charge in [0.15, 0.2) is 14.6 Å². The van der Waals surface area contributed by atoms with Crippen molar-refractivity contribution in [2.24, 2.45) is 4.99 Å². The van der Waals surface area contributed by atoms with Crippen LogP contribution >= 0.6 is 11.3 Å². The molecule has 1 atom stereocenters. The van der Waals surface area contributed by atoms with Gasteiger partial charge in [-0.15, -0.1) is 0 Å². The molecule has 2 aromatic rings. The number of sulfone groups is 1. The Kier molecular flexibility index (Phi) is 9.60. The van der Waals surface area contributed by atoms with E-state index in [4.69, 9.17) is 9.47 Å². The maximum atomic E-state index is 12.7. The Balaban J connectivity index is 1.88. The summed E-state index contributed by atoms with van der Waals surface area (Å²) in [6.07, 6.45) is 2.61. The van der Waals surface area contributed by atoms with Gasteiger partial charge >= 0.3 is 11.9 Å². The molecule has 37 heavy (non-hydrogen) atoms. The van der Waals surface area contributed by atoms with E-state index in [-0.39, 0.29) is 36.2 Å². The molecule has 1 aliphatic heterocycles. The van der Waals surface area contributed by atoms with Crippen LogP contribution in [0.3, 0.4) is 0 Å². The number of rotatable bonds is 9. The summed E-state index contributed by atoms with van der Waals surface area (Å²) >= 11 is 1.01. The molecule has 0 saturated carbocycles. The number of esters is 2. The topological polar surface area (TPSA) is 141 Å². The molecular weight excluding hydrogens is 522 g/mol. The van der Waals surface area contributed by atoms with Gasteiger partial charge in [0.2, 0.25) is 5.91 Å². The number of carbonyl (C=O) groups is 4. The lowest BCUT2D eigenvalue weighted by Crippen LogP contribution is -2.45. The Hall–Kier alpha value is -3.06. The van der Waals surface area contributed by atoms with E-state index in [1.54, 1.807) is 30.9 Å². The molecule has 1 fully saturated rings. The van der Waals surface area contributed by atoms with Crippen molar-refractivity contribution >= 4 is 55.1 Å². The van der Waals surface area contributed by atoms with Crippen LogP contribution in [0.4, 0.5) is 0 Å². The predicted molar refractivity (Wildman–Crippen MR) is 137 cm³/mol. The van der Waals surface area contributed by atoms with Crippen LogP contribution in [0.5, 0.6) is 0 Å². The molecule has 0 N–H and O–H groups in total. The first-order valence-electron chi connectivity index (χ1n) is 12.1. The number of thiazole rings is 1. The second kappa shape index (κ2) is 12.5. The van der Waals surface area contributed by atoms with E-state index in [2.05, 4.69) is 4.99 Å². The maximum absolute atomic E-state index is 12.7. The summed E-state index contributed by atoms with van der Waals surface area (Å²) in [6, 6.07) is 4.63. The Bertz CT molecular complexity index is 1360. The number of benzene rings is 1. The molecule has 1 unspecified atom stereocenters. The molecule has 11 nitrogen and oxygen atoms in total. The first-order valence-corrected chi connectivity index (χ1v) is 14.7. The summed E-state index contributed by atoms with van der Waals surface area (Å²) in [7, 11) is -4.06. The molecule has 0 bridgehead atoms. The van der Waals surface area contributed by atoms with Gasteiger partial charge < -0.3 is 18.9 Å². The van der Waals surface area contributed by atoms with Gasteiger partial charge in [-0.3, -0.25) is 14.4 Å². The Labute approximate surface area is 219 Å². The van der Waals surface area contributed by atoms with Gasteiger partial charge in [0, 0.05) is 12.6 Å². The van der Waals surface area contributed by atoms with Crippen molar-refractivity contribution in [1.82, 2.24) is 9.47 Å². The van der Waals surface area contributed by atoms with Crippen molar-refractivity contribution in [3.8, 4) is 0 Å². The number of amides is 2. The van der Waals surface area contributed by atoms with Crippen LogP contribution in [0.15, 0.2) is 23.2 Å². The molecule has 2 heterocycles. The Morgan fingerprint density at radius 1 is 1.08 bits per heavy atom. The fraction of sp³-hybridized carbons (Fsp3) is 0.542. The third-order valence-electron chi connectivity index (χ3n) is 5.82. The zero-order chi connectivity index (χ0) is 27.2. The van der Waals surface area contributed by atoms with E-state index in [1.807, 2.05) is 6.92 Å². The van der Waals surface area contributed by atoms with E-state index in [0.29, 0.717) is 16.8 Å². The average Bonchev–Trinajstić information content (AvgIpc) is 3.14. The number of piperidine rings is 1. The van der Waals surface area contributed by atoms with Crippen LogP contribution in [-0.2, 0) is 40.2 Å². The lowest BCUT2D eigenvalue weighted by Gasteiger charge is -2.33. The first kappa shape index (κ1) is 28.5. The van der Waals surface area contributed by atoms with Crippen molar-refractivity contribution in [2.75, 3.05) is 31.3 Å². The number of aromatic nitrogens is 1. The molecule has 0 radical (unpaired) electrons. The third-order valence-corrected chi connectivity index (χ3v) is 8.23. The van der Waals surface area contributed by atoms with Crippen LogP contribution in [0.25, 0.3) is 10.2 Å². The molecule has 0 spiro atoms. The zero-order valence-corrected chi connectivity index (χ0v) is 22.7. The highest BCUT2D eigenvalue weighted by molar-refractivity contribution is 7.92. The summed E-state index contributed by atoms with van der Waals surface area (Å²) in [4.78, 5) is 55.1. The average molecular weight is 554 g/mol. The summed E-state index contributed by atoms with van der Waals surface area (Å²) in [6.45, 7) is 5.81. The van der Waals surface area contributed by atoms with E-state index in [0.717, 1.165) is 30.6 Å². The maximum Gasteiger partial charge on any atom is 0.338 e. The second-order valence-electron chi connectivity index (χ2n) is 8.65. The lowest BCUT2D eigenvalue weighted by molar-refractivity contribution is -0.143.